The average molecular weight is 274 g/mol. The zero-order valence-electron chi connectivity index (χ0n) is 10.5. The lowest BCUT2D eigenvalue weighted by atomic mass is 10.1. The molecule has 0 bridgehead atoms. The molecule has 0 aliphatic carbocycles. The van der Waals surface area contributed by atoms with E-state index in [9.17, 15) is 13.9 Å². The molecular weight excluding hydrogens is 262 g/mol. The monoisotopic (exact) mass is 274 g/mol. The second-order valence-electron chi connectivity index (χ2n) is 4.29. The highest BCUT2D eigenvalue weighted by Crippen LogP contribution is 2.17. The van der Waals surface area contributed by atoms with E-state index in [-0.39, 0.29) is 12.2 Å². The van der Waals surface area contributed by atoms with Crippen molar-refractivity contribution < 1.29 is 13.9 Å². The summed E-state index contributed by atoms with van der Waals surface area (Å²) in [5.41, 5.74) is 1.38. The number of hydrogen-bond acceptors (Lipinski definition) is 3. The maximum atomic E-state index is 13.0. The van der Waals surface area contributed by atoms with Gasteiger partial charge in [0.15, 0.2) is 0 Å². The fourth-order valence-electron chi connectivity index (χ4n) is 1.77. The SMILES string of the molecule is N#Cc1ccc(C(O)CNc2cc(F)cc(F)c2)cc1. The Labute approximate surface area is 115 Å². The molecule has 5 heteroatoms. The minimum Gasteiger partial charge on any atom is -0.387 e. The molecule has 0 saturated heterocycles. The van der Waals surface area contributed by atoms with E-state index in [1.54, 1.807) is 24.3 Å². The van der Waals surface area contributed by atoms with Crippen LogP contribution in [0, 0.1) is 23.0 Å². The smallest absolute Gasteiger partial charge is 0.128 e. The van der Waals surface area contributed by atoms with Crippen LogP contribution in [0.3, 0.4) is 0 Å². The largest absolute Gasteiger partial charge is 0.387 e. The van der Waals surface area contributed by atoms with Crippen molar-refractivity contribution in [3.63, 3.8) is 0 Å². The third-order valence-corrected chi connectivity index (χ3v) is 2.79. The Morgan fingerprint density at radius 3 is 2.25 bits per heavy atom. The summed E-state index contributed by atoms with van der Waals surface area (Å²) in [6.45, 7) is 0.106. The first-order valence-electron chi connectivity index (χ1n) is 5.96. The zero-order valence-corrected chi connectivity index (χ0v) is 10.5. The first kappa shape index (κ1) is 14.0. The molecule has 2 aromatic rings. The van der Waals surface area contributed by atoms with Crippen LogP contribution in [0.4, 0.5) is 14.5 Å². The van der Waals surface area contributed by atoms with Gasteiger partial charge in [-0.2, -0.15) is 5.26 Å². The van der Waals surface area contributed by atoms with Crippen molar-refractivity contribution in [3.8, 4) is 6.07 Å². The second kappa shape index (κ2) is 6.13. The Hall–Kier alpha value is -2.45. The molecule has 20 heavy (non-hydrogen) atoms. The summed E-state index contributed by atoms with van der Waals surface area (Å²) in [5.74, 6) is -1.36. The first-order chi connectivity index (χ1) is 9.58. The van der Waals surface area contributed by atoms with Gasteiger partial charge in [0, 0.05) is 18.3 Å². The number of halogens is 2. The number of aliphatic hydroxyl groups is 1. The number of nitriles is 1. The Bertz CT molecular complexity index is 615. The van der Waals surface area contributed by atoms with Gasteiger partial charge in [-0.05, 0) is 29.8 Å². The van der Waals surface area contributed by atoms with Crippen molar-refractivity contribution >= 4 is 5.69 Å². The Balaban J connectivity index is 2.00. The van der Waals surface area contributed by atoms with E-state index in [4.69, 9.17) is 5.26 Å². The number of aliphatic hydroxyl groups excluding tert-OH is 1. The summed E-state index contributed by atoms with van der Waals surface area (Å²) in [6.07, 6.45) is -0.839. The Morgan fingerprint density at radius 1 is 1.10 bits per heavy atom. The van der Waals surface area contributed by atoms with Crippen LogP contribution in [0.1, 0.15) is 17.2 Å². The van der Waals surface area contributed by atoms with Gasteiger partial charge in [-0.15, -0.1) is 0 Å². The molecule has 0 amide bonds. The van der Waals surface area contributed by atoms with Crippen LogP contribution in [-0.4, -0.2) is 11.7 Å². The van der Waals surface area contributed by atoms with Gasteiger partial charge in [-0.3, -0.25) is 0 Å². The van der Waals surface area contributed by atoms with Gasteiger partial charge in [0.1, 0.15) is 11.6 Å². The van der Waals surface area contributed by atoms with E-state index in [0.717, 1.165) is 18.2 Å². The highest BCUT2D eigenvalue weighted by Gasteiger charge is 2.08. The standard InChI is InChI=1S/C15H12F2N2O/c16-12-5-13(17)7-14(6-12)19-9-15(20)11-3-1-10(8-18)2-4-11/h1-7,15,19-20H,9H2. The van der Waals surface area contributed by atoms with E-state index >= 15 is 0 Å². The van der Waals surface area contributed by atoms with E-state index in [0.29, 0.717) is 11.1 Å². The molecule has 1 atom stereocenters. The number of rotatable bonds is 4. The molecule has 0 fully saturated rings. The lowest BCUT2D eigenvalue weighted by Crippen LogP contribution is -2.12. The average Bonchev–Trinajstić information content (AvgIpc) is 2.44. The molecule has 0 aliphatic rings. The van der Waals surface area contributed by atoms with Crippen LogP contribution in [0.5, 0.6) is 0 Å². The molecule has 1 unspecified atom stereocenters. The predicted molar refractivity (Wildman–Crippen MR) is 71.0 cm³/mol. The number of nitrogens with one attached hydrogen (secondary N) is 1. The molecule has 2 N–H and O–H groups in total. The lowest BCUT2D eigenvalue weighted by Gasteiger charge is -2.13. The van der Waals surface area contributed by atoms with Crippen molar-refractivity contribution in [3.05, 3.63) is 65.2 Å². The van der Waals surface area contributed by atoms with Gasteiger partial charge in [0.05, 0.1) is 17.7 Å². The van der Waals surface area contributed by atoms with Gasteiger partial charge in [-0.1, -0.05) is 12.1 Å². The Kier molecular flexibility index (Phi) is 4.28. The summed E-state index contributed by atoms with van der Waals surface area (Å²) in [4.78, 5) is 0. The predicted octanol–water partition coefficient (Wildman–Crippen LogP) is 2.98. The van der Waals surface area contributed by atoms with Gasteiger partial charge < -0.3 is 10.4 Å². The normalized spacial score (nSPS) is 11.7. The molecule has 0 aliphatic heterocycles. The van der Waals surface area contributed by atoms with E-state index < -0.39 is 17.7 Å². The highest BCUT2D eigenvalue weighted by atomic mass is 19.1. The minimum absolute atomic E-state index is 0.106. The lowest BCUT2D eigenvalue weighted by molar-refractivity contribution is 0.191. The molecule has 0 spiro atoms. The van der Waals surface area contributed by atoms with E-state index in [2.05, 4.69) is 5.32 Å². The fourth-order valence-corrected chi connectivity index (χ4v) is 1.77. The Morgan fingerprint density at radius 2 is 1.70 bits per heavy atom. The summed E-state index contributed by atoms with van der Waals surface area (Å²) >= 11 is 0. The second-order valence-corrected chi connectivity index (χ2v) is 4.29. The summed E-state index contributed by atoms with van der Waals surface area (Å²) in [6, 6.07) is 11.5. The van der Waals surface area contributed by atoms with Crippen molar-refractivity contribution in [2.45, 2.75) is 6.10 Å². The fraction of sp³-hybridized carbons (Fsp3) is 0.133. The molecule has 2 rings (SSSR count). The summed E-state index contributed by atoms with van der Waals surface area (Å²) in [5, 5.41) is 21.4. The molecule has 0 saturated carbocycles. The van der Waals surface area contributed by atoms with E-state index in [1.807, 2.05) is 6.07 Å². The van der Waals surface area contributed by atoms with Gasteiger partial charge in [-0.25, -0.2) is 8.78 Å². The van der Waals surface area contributed by atoms with Crippen LogP contribution >= 0.6 is 0 Å². The molecule has 0 aromatic heterocycles. The van der Waals surface area contributed by atoms with Crippen LogP contribution in [-0.2, 0) is 0 Å². The maximum absolute atomic E-state index is 13.0. The molecule has 2 aromatic carbocycles. The van der Waals surface area contributed by atoms with Crippen molar-refractivity contribution in [1.82, 2.24) is 0 Å². The van der Waals surface area contributed by atoms with Crippen LogP contribution in [0.2, 0.25) is 0 Å². The molecular formula is C15H12F2N2O. The highest BCUT2D eigenvalue weighted by molar-refractivity contribution is 5.44. The number of nitrogens with zero attached hydrogens (tertiary/aromatic N) is 1. The van der Waals surface area contributed by atoms with Gasteiger partial charge in [0.2, 0.25) is 0 Å². The van der Waals surface area contributed by atoms with Crippen molar-refractivity contribution in [2.75, 3.05) is 11.9 Å². The van der Waals surface area contributed by atoms with Crippen molar-refractivity contribution in [1.29, 1.82) is 5.26 Å². The van der Waals surface area contributed by atoms with Crippen LogP contribution in [0.15, 0.2) is 42.5 Å². The topological polar surface area (TPSA) is 56.0 Å². The number of benzene rings is 2. The maximum Gasteiger partial charge on any atom is 0.128 e. The van der Waals surface area contributed by atoms with Crippen LogP contribution < -0.4 is 5.32 Å². The third kappa shape index (κ3) is 3.53. The van der Waals surface area contributed by atoms with Gasteiger partial charge >= 0.3 is 0 Å². The van der Waals surface area contributed by atoms with Crippen molar-refractivity contribution in [2.24, 2.45) is 0 Å². The third-order valence-electron chi connectivity index (χ3n) is 2.79. The summed E-state index contributed by atoms with van der Waals surface area (Å²) < 4.78 is 26.0. The number of anilines is 1. The molecule has 0 heterocycles. The number of hydrogen-bond donors (Lipinski definition) is 2. The molecule has 0 radical (unpaired) electrons. The first-order valence-corrected chi connectivity index (χ1v) is 5.96. The molecule has 3 nitrogen and oxygen atoms in total. The minimum atomic E-state index is -0.839. The summed E-state index contributed by atoms with van der Waals surface area (Å²) in [7, 11) is 0. The molecule has 102 valence electrons. The van der Waals surface area contributed by atoms with Crippen LogP contribution in [0.25, 0.3) is 0 Å². The van der Waals surface area contributed by atoms with E-state index in [1.165, 1.54) is 0 Å². The zero-order chi connectivity index (χ0) is 14.5. The van der Waals surface area contributed by atoms with Gasteiger partial charge in [0.25, 0.3) is 0 Å². The quantitative estimate of drug-likeness (QED) is 0.901.